The second-order valence-corrected chi connectivity index (χ2v) is 9.77. The molecular weight excluding hydrogens is 332 g/mol. The van der Waals surface area contributed by atoms with Gasteiger partial charge in [-0.25, -0.2) is 0 Å². The number of rotatable bonds is 6. The highest BCUT2D eigenvalue weighted by atomic mass is 32.3. The van der Waals surface area contributed by atoms with Crippen molar-refractivity contribution in [3.05, 3.63) is 115 Å². The summed E-state index contributed by atoms with van der Waals surface area (Å²) in [6, 6.07) is 32.9. The Bertz CT molecular complexity index is 794. The molecule has 0 saturated heterocycles. The Morgan fingerprint density at radius 2 is 1.08 bits per heavy atom. The summed E-state index contributed by atoms with van der Waals surface area (Å²) in [7, 11) is -1.54. The van der Waals surface area contributed by atoms with Crippen LogP contribution in [0.15, 0.2) is 129 Å². The van der Waals surface area contributed by atoms with Gasteiger partial charge in [-0.1, -0.05) is 73.3 Å². The van der Waals surface area contributed by atoms with E-state index in [9.17, 15) is 0 Å². The summed E-state index contributed by atoms with van der Waals surface area (Å²) in [6.07, 6.45) is 7.17. The molecule has 1 saturated carbocycles. The molecule has 0 amide bonds. The van der Waals surface area contributed by atoms with Gasteiger partial charge in [0.1, 0.15) is 0 Å². The Morgan fingerprint density at radius 1 is 0.692 bits per heavy atom. The van der Waals surface area contributed by atoms with Crippen molar-refractivity contribution in [2.24, 2.45) is 5.92 Å². The summed E-state index contributed by atoms with van der Waals surface area (Å²) in [5.74, 6) is 0.700. The lowest BCUT2D eigenvalue weighted by atomic mass is 10.3. The standard InChI is InChI=1S/C25H24S/c1-2-22(20-21-18-19-21)26(23-12-6-3-7-13-23,24-14-8-4-9-15-24)25-16-10-5-11-17-25/h2-17,20-21H,1,18-19H2/b22-20+. The minimum Gasteiger partial charge on any atom is -0.133 e. The van der Waals surface area contributed by atoms with Gasteiger partial charge in [0.05, 0.1) is 0 Å². The summed E-state index contributed by atoms with van der Waals surface area (Å²) >= 11 is 0. The van der Waals surface area contributed by atoms with E-state index in [-0.39, 0.29) is 0 Å². The quantitative estimate of drug-likeness (QED) is 0.402. The Hall–Kier alpha value is -2.51. The summed E-state index contributed by atoms with van der Waals surface area (Å²) in [5, 5.41) is 0. The van der Waals surface area contributed by atoms with Crippen molar-refractivity contribution < 1.29 is 0 Å². The van der Waals surface area contributed by atoms with E-state index in [0.29, 0.717) is 5.92 Å². The third kappa shape index (κ3) is 3.04. The molecule has 0 aliphatic heterocycles. The van der Waals surface area contributed by atoms with Crippen LogP contribution in [-0.2, 0) is 0 Å². The van der Waals surface area contributed by atoms with Gasteiger partial charge in [0.15, 0.2) is 0 Å². The summed E-state index contributed by atoms with van der Waals surface area (Å²) in [4.78, 5) is 5.46. The number of hydrogen-bond donors (Lipinski definition) is 0. The first kappa shape index (κ1) is 16.9. The van der Waals surface area contributed by atoms with Crippen molar-refractivity contribution in [3.63, 3.8) is 0 Å². The lowest BCUT2D eigenvalue weighted by molar-refractivity contribution is 1.12. The topological polar surface area (TPSA) is 0 Å². The normalized spacial score (nSPS) is 15.5. The van der Waals surface area contributed by atoms with E-state index in [1.54, 1.807) is 0 Å². The fourth-order valence-corrected chi connectivity index (χ4v) is 7.46. The van der Waals surface area contributed by atoms with E-state index < -0.39 is 10.0 Å². The van der Waals surface area contributed by atoms with Crippen molar-refractivity contribution in [3.8, 4) is 0 Å². The minimum absolute atomic E-state index is 0.700. The van der Waals surface area contributed by atoms with Crippen molar-refractivity contribution in [2.75, 3.05) is 0 Å². The Kier molecular flexibility index (Phi) is 4.81. The number of benzene rings is 3. The molecular formula is C25H24S. The first-order chi connectivity index (χ1) is 12.9. The maximum Gasteiger partial charge on any atom is 0.00228 e. The summed E-state index contributed by atoms with van der Waals surface area (Å²) < 4.78 is 0. The van der Waals surface area contributed by atoms with Crippen LogP contribution in [0.5, 0.6) is 0 Å². The fraction of sp³-hybridized carbons (Fsp3) is 0.120. The van der Waals surface area contributed by atoms with E-state index in [4.69, 9.17) is 0 Å². The average Bonchev–Trinajstić information content (AvgIpc) is 3.54. The highest BCUT2D eigenvalue weighted by molar-refractivity contribution is 8.37. The third-order valence-electron chi connectivity index (χ3n) is 4.87. The van der Waals surface area contributed by atoms with E-state index in [0.717, 1.165) is 0 Å². The van der Waals surface area contributed by atoms with Gasteiger partial charge in [-0.3, -0.25) is 0 Å². The van der Waals surface area contributed by atoms with E-state index in [1.165, 1.54) is 32.4 Å². The molecule has 0 spiro atoms. The first-order valence-electron chi connectivity index (χ1n) is 9.18. The molecule has 0 nitrogen and oxygen atoms in total. The molecule has 3 aromatic carbocycles. The van der Waals surface area contributed by atoms with Crippen LogP contribution in [0.1, 0.15) is 12.8 Å². The minimum atomic E-state index is -1.54. The molecule has 4 rings (SSSR count). The van der Waals surface area contributed by atoms with Crippen LogP contribution in [0.25, 0.3) is 0 Å². The van der Waals surface area contributed by atoms with Gasteiger partial charge in [0.25, 0.3) is 0 Å². The molecule has 3 aromatic rings. The fourth-order valence-electron chi connectivity index (χ4n) is 3.48. The Morgan fingerprint density at radius 3 is 1.38 bits per heavy atom. The molecule has 1 aliphatic rings. The predicted octanol–water partition coefficient (Wildman–Crippen LogP) is 7.45. The molecule has 0 bridgehead atoms. The Balaban J connectivity index is 2.08. The SMILES string of the molecule is C=C/C(=C\C1CC1)S(c1ccccc1)(c1ccccc1)c1ccccc1. The van der Waals surface area contributed by atoms with Crippen LogP contribution >= 0.6 is 10.0 Å². The van der Waals surface area contributed by atoms with Gasteiger partial charge in [0.2, 0.25) is 0 Å². The molecule has 0 heterocycles. The van der Waals surface area contributed by atoms with E-state index >= 15 is 0 Å². The summed E-state index contributed by atoms with van der Waals surface area (Å²) in [6.45, 7) is 4.24. The first-order valence-corrected chi connectivity index (χ1v) is 10.8. The van der Waals surface area contributed by atoms with Gasteiger partial charge in [-0.05, 0) is 60.1 Å². The maximum atomic E-state index is 4.24. The molecule has 0 atom stereocenters. The van der Waals surface area contributed by atoms with Crippen LogP contribution in [0, 0.1) is 5.92 Å². The van der Waals surface area contributed by atoms with Crippen LogP contribution in [0.2, 0.25) is 0 Å². The van der Waals surface area contributed by atoms with E-state index in [2.05, 4.69) is 110 Å². The molecule has 1 fully saturated rings. The lowest BCUT2D eigenvalue weighted by Gasteiger charge is -2.43. The van der Waals surface area contributed by atoms with E-state index in [1.807, 2.05) is 0 Å². The highest BCUT2D eigenvalue weighted by Gasteiger charge is 2.35. The van der Waals surface area contributed by atoms with Crippen molar-refractivity contribution >= 4 is 10.0 Å². The molecule has 0 N–H and O–H groups in total. The largest absolute Gasteiger partial charge is 0.133 e. The molecule has 0 unspecified atom stereocenters. The van der Waals surface area contributed by atoms with Crippen LogP contribution < -0.4 is 0 Å². The van der Waals surface area contributed by atoms with Gasteiger partial charge in [-0.2, -0.15) is 0 Å². The van der Waals surface area contributed by atoms with Crippen molar-refractivity contribution in [1.82, 2.24) is 0 Å². The van der Waals surface area contributed by atoms with Gasteiger partial charge in [0, 0.05) is 14.7 Å². The zero-order valence-electron chi connectivity index (χ0n) is 14.9. The zero-order valence-corrected chi connectivity index (χ0v) is 15.7. The second-order valence-electron chi connectivity index (χ2n) is 6.66. The average molecular weight is 357 g/mol. The predicted molar refractivity (Wildman–Crippen MR) is 113 cm³/mol. The van der Waals surface area contributed by atoms with Gasteiger partial charge < -0.3 is 0 Å². The van der Waals surface area contributed by atoms with Crippen molar-refractivity contribution in [2.45, 2.75) is 27.5 Å². The van der Waals surface area contributed by atoms with Gasteiger partial charge in [-0.15, -0.1) is 10.0 Å². The summed E-state index contributed by atoms with van der Waals surface area (Å²) in [5.41, 5.74) is 0. The number of hydrogen-bond acceptors (Lipinski definition) is 0. The third-order valence-corrected chi connectivity index (χ3v) is 8.81. The molecule has 0 aromatic heterocycles. The monoisotopic (exact) mass is 356 g/mol. The van der Waals surface area contributed by atoms with Crippen LogP contribution in [0.3, 0.4) is 0 Å². The molecule has 0 radical (unpaired) electrons. The lowest BCUT2D eigenvalue weighted by Crippen LogP contribution is -2.06. The maximum absolute atomic E-state index is 4.24. The van der Waals surface area contributed by atoms with Crippen molar-refractivity contribution in [1.29, 1.82) is 0 Å². The molecule has 1 heteroatoms. The molecule has 130 valence electrons. The smallest absolute Gasteiger partial charge is 0.00228 e. The molecule has 26 heavy (non-hydrogen) atoms. The Labute approximate surface area is 158 Å². The van der Waals surface area contributed by atoms with Crippen LogP contribution in [-0.4, -0.2) is 0 Å². The zero-order chi connectivity index (χ0) is 17.8. The second kappa shape index (κ2) is 7.39. The van der Waals surface area contributed by atoms with Gasteiger partial charge >= 0.3 is 0 Å². The number of allylic oxidation sites excluding steroid dienone is 2. The van der Waals surface area contributed by atoms with Crippen LogP contribution in [0.4, 0.5) is 0 Å². The molecule has 1 aliphatic carbocycles. The highest BCUT2D eigenvalue weighted by Crippen LogP contribution is 2.73.